The van der Waals surface area contributed by atoms with Crippen molar-refractivity contribution in [2.75, 3.05) is 0 Å². The van der Waals surface area contributed by atoms with Gasteiger partial charge >= 0.3 is 0 Å². The molecule has 0 saturated heterocycles. The molecule has 0 radical (unpaired) electrons. The maximum atomic E-state index is 12.0. The second kappa shape index (κ2) is 3.66. The summed E-state index contributed by atoms with van der Waals surface area (Å²) in [5.74, 6) is 4.57. The molecule has 0 bridgehead atoms. The lowest BCUT2D eigenvalue weighted by atomic mass is 9.91. The lowest BCUT2D eigenvalue weighted by Crippen LogP contribution is -2.47. The zero-order valence-electron chi connectivity index (χ0n) is 9.55. The molecule has 2 aromatic rings. The van der Waals surface area contributed by atoms with E-state index in [4.69, 9.17) is 5.84 Å². The fourth-order valence-electron chi connectivity index (χ4n) is 2.56. The molecular formula is C14H12N2O2. The average Bonchev–Trinajstić information content (AvgIpc) is 2.70. The van der Waals surface area contributed by atoms with Crippen molar-refractivity contribution in [2.24, 2.45) is 5.84 Å². The smallest absolute Gasteiger partial charge is 0.275 e. The molecule has 0 aliphatic heterocycles. The lowest BCUT2D eigenvalue weighted by molar-refractivity contribution is -0.136. The number of hydrogen-bond donors (Lipinski definition) is 3. The monoisotopic (exact) mass is 240 g/mol. The van der Waals surface area contributed by atoms with Crippen LogP contribution in [0.1, 0.15) is 11.1 Å². The molecule has 0 unspecified atom stereocenters. The van der Waals surface area contributed by atoms with E-state index in [-0.39, 0.29) is 0 Å². The highest BCUT2D eigenvalue weighted by atomic mass is 16.3. The minimum atomic E-state index is -1.71. The molecule has 1 aliphatic carbocycles. The maximum absolute atomic E-state index is 12.0. The number of hydrazine groups is 1. The van der Waals surface area contributed by atoms with E-state index in [1.807, 2.05) is 29.7 Å². The number of hydrogen-bond acceptors (Lipinski definition) is 3. The van der Waals surface area contributed by atoms with Crippen LogP contribution in [0, 0.1) is 0 Å². The summed E-state index contributed by atoms with van der Waals surface area (Å²) in [5, 5.41) is 10.8. The van der Waals surface area contributed by atoms with Crippen LogP contribution in [0.25, 0.3) is 11.1 Å². The highest BCUT2D eigenvalue weighted by molar-refractivity contribution is 5.98. The van der Waals surface area contributed by atoms with Crippen LogP contribution in [0.3, 0.4) is 0 Å². The predicted octanol–water partition coefficient (Wildman–Crippen LogP) is 0.893. The molecule has 0 aromatic heterocycles. The third-order valence-corrected chi connectivity index (χ3v) is 3.38. The molecule has 0 saturated carbocycles. The fraction of sp³-hybridized carbons (Fsp3) is 0.0714. The summed E-state index contributed by atoms with van der Waals surface area (Å²) < 4.78 is 0. The highest BCUT2D eigenvalue weighted by Gasteiger charge is 2.47. The molecule has 0 heterocycles. The summed E-state index contributed by atoms with van der Waals surface area (Å²) >= 11 is 0. The van der Waals surface area contributed by atoms with Gasteiger partial charge in [0.25, 0.3) is 5.91 Å². The molecule has 90 valence electrons. The lowest BCUT2D eigenvalue weighted by Gasteiger charge is -2.23. The summed E-state index contributed by atoms with van der Waals surface area (Å²) in [6, 6.07) is 14.6. The van der Waals surface area contributed by atoms with E-state index in [1.165, 1.54) is 0 Å². The summed E-state index contributed by atoms with van der Waals surface area (Å²) in [7, 11) is 0. The quantitative estimate of drug-likeness (QED) is 0.394. The normalized spacial score (nSPS) is 14.8. The zero-order valence-corrected chi connectivity index (χ0v) is 9.55. The van der Waals surface area contributed by atoms with E-state index in [0.29, 0.717) is 11.1 Å². The molecule has 3 rings (SSSR count). The molecule has 2 aromatic carbocycles. The van der Waals surface area contributed by atoms with Crippen molar-refractivity contribution in [1.82, 2.24) is 5.43 Å². The number of carbonyl (C=O) groups excluding carboxylic acids is 1. The summed E-state index contributed by atoms with van der Waals surface area (Å²) in [6.07, 6.45) is 0. The van der Waals surface area contributed by atoms with E-state index in [0.717, 1.165) is 11.1 Å². The van der Waals surface area contributed by atoms with Gasteiger partial charge in [0.1, 0.15) is 0 Å². The SMILES string of the molecule is NNC(=O)C1(O)c2ccccc2-c2ccccc21. The van der Waals surface area contributed by atoms with E-state index < -0.39 is 11.5 Å². The molecule has 4 N–H and O–H groups in total. The van der Waals surface area contributed by atoms with Gasteiger partial charge in [-0.3, -0.25) is 10.2 Å². The minimum Gasteiger partial charge on any atom is -0.372 e. The Labute approximate surface area is 104 Å². The van der Waals surface area contributed by atoms with Crippen molar-refractivity contribution in [3.8, 4) is 11.1 Å². The highest BCUT2D eigenvalue weighted by Crippen LogP contribution is 2.47. The van der Waals surface area contributed by atoms with E-state index >= 15 is 0 Å². The van der Waals surface area contributed by atoms with Crippen LogP contribution in [0.4, 0.5) is 0 Å². The average molecular weight is 240 g/mol. The van der Waals surface area contributed by atoms with E-state index in [2.05, 4.69) is 0 Å². The van der Waals surface area contributed by atoms with Crippen LogP contribution in [0.2, 0.25) is 0 Å². The molecular weight excluding hydrogens is 228 g/mol. The summed E-state index contributed by atoms with van der Waals surface area (Å²) in [6.45, 7) is 0. The number of benzene rings is 2. The van der Waals surface area contributed by atoms with Crippen LogP contribution in [0.15, 0.2) is 48.5 Å². The Morgan fingerprint density at radius 2 is 1.44 bits per heavy atom. The molecule has 0 fully saturated rings. The Bertz CT molecular complexity index is 592. The standard InChI is InChI=1S/C14H12N2O2/c15-16-13(17)14(18)11-7-3-1-5-9(11)10-6-2-4-8-12(10)14/h1-8,18H,15H2,(H,16,17). The fourth-order valence-corrected chi connectivity index (χ4v) is 2.56. The summed E-state index contributed by atoms with van der Waals surface area (Å²) in [5.41, 5.74) is 3.18. The molecule has 4 nitrogen and oxygen atoms in total. The van der Waals surface area contributed by atoms with Gasteiger partial charge in [-0.15, -0.1) is 0 Å². The first-order chi connectivity index (χ1) is 8.69. The molecule has 18 heavy (non-hydrogen) atoms. The van der Waals surface area contributed by atoms with Gasteiger partial charge < -0.3 is 5.11 Å². The third-order valence-electron chi connectivity index (χ3n) is 3.38. The second-order valence-corrected chi connectivity index (χ2v) is 4.28. The number of amides is 1. The van der Waals surface area contributed by atoms with Gasteiger partial charge in [-0.25, -0.2) is 5.84 Å². The van der Waals surface area contributed by atoms with Gasteiger partial charge in [0.05, 0.1) is 0 Å². The first-order valence-corrected chi connectivity index (χ1v) is 5.62. The number of aliphatic hydroxyl groups is 1. The molecule has 1 aliphatic rings. The first kappa shape index (κ1) is 11.0. The molecule has 0 spiro atoms. The van der Waals surface area contributed by atoms with Crippen molar-refractivity contribution in [3.63, 3.8) is 0 Å². The Morgan fingerprint density at radius 3 is 1.89 bits per heavy atom. The molecule has 4 heteroatoms. The van der Waals surface area contributed by atoms with Gasteiger partial charge in [-0.1, -0.05) is 48.5 Å². The van der Waals surface area contributed by atoms with Crippen molar-refractivity contribution in [3.05, 3.63) is 59.7 Å². The van der Waals surface area contributed by atoms with Gasteiger partial charge in [-0.2, -0.15) is 0 Å². The maximum Gasteiger partial charge on any atom is 0.275 e. The topological polar surface area (TPSA) is 75.3 Å². The van der Waals surface area contributed by atoms with Crippen molar-refractivity contribution < 1.29 is 9.90 Å². The third kappa shape index (κ3) is 1.19. The Morgan fingerprint density at radius 1 is 1.00 bits per heavy atom. The molecule has 1 amide bonds. The van der Waals surface area contributed by atoms with Crippen LogP contribution < -0.4 is 11.3 Å². The van der Waals surface area contributed by atoms with Gasteiger partial charge in [0.2, 0.25) is 0 Å². The van der Waals surface area contributed by atoms with Crippen molar-refractivity contribution >= 4 is 5.91 Å². The number of rotatable bonds is 1. The number of carbonyl (C=O) groups is 1. The van der Waals surface area contributed by atoms with Crippen LogP contribution in [-0.4, -0.2) is 11.0 Å². The van der Waals surface area contributed by atoms with E-state index in [1.54, 1.807) is 24.3 Å². The zero-order chi connectivity index (χ0) is 12.8. The van der Waals surface area contributed by atoms with Crippen molar-refractivity contribution in [2.45, 2.75) is 5.60 Å². The second-order valence-electron chi connectivity index (χ2n) is 4.28. The Kier molecular flexibility index (Phi) is 2.23. The number of nitrogens with two attached hydrogens (primary N) is 1. The van der Waals surface area contributed by atoms with Gasteiger partial charge in [-0.05, 0) is 11.1 Å². The minimum absolute atomic E-state index is 0.564. The Hall–Kier alpha value is -2.17. The van der Waals surface area contributed by atoms with E-state index in [9.17, 15) is 9.90 Å². The Balaban J connectivity index is 2.37. The van der Waals surface area contributed by atoms with Gasteiger partial charge in [0.15, 0.2) is 5.60 Å². The van der Waals surface area contributed by atoms with Crippen molar-refractivity contribution in [1.29, 1.82) is 0 Å². The first-order valence-electron chi connectivity index (χ1n) is 5.62. The van der Waals surface area contributed by atoms with Crippen LogP contribution in [-0.2, 0) is 10.4 Å². The van der Waals surface area contributed by atoms with Crippen LogP contribution >= 0.6 is 0 Å². The number of nitrogens with one attached hydrogen (secondary N) is 1. The van der Waals surface area contributed by atoms with Gasteiger partial charge in [0, 0.05) is 11.1 Å². The molecule has 0 atom stereocenters. The number of fused-ring (bicyclic) bond motifs is 3. The van der Waals surface area contributed by atoms with Crippen LogP contribution in [0.5, 0.6) is 0 Å². The predicted molar refractivity (Wildman–Crippen MR) is 67.2 cm³/mol. The summed E-state index contributed by atoms with van der Waals surface area (Å²) in [4.78, 5) is 12.0. The largest absolute Gasteiger partial charge is 0.372 e.